The third kappa shape index (κ3) is 4.46. The number of hydrogen-bond acceptors (Lipinski definition) is 7. The van der Waals surface area contributed by atoms with Crippen molar-refractivity contribution in [3.8, 4) is 5.75 Å². The van der Waals surface area contributed by atoms with Gasteiger partial charge in [-0.15, -0.1) is 5.10 Å². The van der Waals surface area contributed by atoms with Crippen molar-refractivity contribution < 1.29 is 9.13 Å². The van der Waals surface area contributed by atoms with E-state index in [4.69, 9.17) is 4.74 Å². The maximum absolute atomic E-state index is 14.5. The van der Waals surface area contributed by atoms with Crippen LogP contribution < -0.4 is 15.2 Å². The van der Waals surface area contributed by atoms with E-state index in [1.165, 1.54) is 6.07 Å². The van der Waals surface area contributed by atoms with Crippen LogP contribution >= 0.6 is 0 Å². The standard InChI is InChI=1S/C27H30FN7O2/c1-37-20-11-10-18-16-21(27(36)29-23(18)17-20)25(26-30-31-32-35(26)19-6-2-3-7-19)34-14-12-33(13-15-34)24-9-5-4-8-22(24)28/h4-5,8-11,16-17,19,25H,2-3,6-7,12-15H2,1H3,(H,29,36)/t25-/m1/s1. The summed E-state index contributed by atoms with van der Waals surface area (Å²) in [4.78, 5) is 20.9. The molecule has 2 fully saturated rings. The molecule has 6 rings (SSSR count). The number of ether oxygens (including phenoxy) is 1. The van der Waals surface area contributed by atoms with Crippen molar-refractivity contribution in [1.29, 1.82) is 0 Å². The number of para-hydroxylation sites is 1. The zero-order valence-corrected chi connectivity index (χ0v) is 20.8. The molecule has 0 bridgehead atoms. The molecule has 1 aliphatic heterocycles. The van der Waals surface area contributed by atoms with Crippen molar-refractivity contribution >= 4 is 16.6 Å². The lowest BCUT2D eigenvalue weighted by Crippen LogP contribution is -2.49. The normalized spacial score (nSPS) is 17.9. The Morgan fingerprint density at radius 3 is 2.59 bits per heavy atom. The van der Waals surface area contributed by atoms with Crippen molar-refractivity contribution in [2.24, 2.45) is 0 Å². The fraction of sp³-hybridized carbons (Fsp3) is 0.407. The summed E-state index contributed by atoms with van der Waals surface area (Å²) in [6.45, 7) is 2.53. The maximum atomic E-state index is 14.5. The first-order valence-corrected chi connectivity index (χ1v) is 12.8. The summed E-state index contributed by atoms with van der Waals surface area (Å²) in [5, 5.41) is 13.8. The van der Waals surface area contributed by atoms with E-state index in [1.807, 2.05) is 41.1 Å². The van der Waals surface area contributed by atoms with Gasteiger partial charge in [0.2, 0.25) is 0 Å². The van der Waals surface area contributed by atoms with E-state index in [-0.39, 0.29) is 17.4 Å². The first kappa shape index (κ1) is 23.6. The number of hydrogen-bond donors (Lipinski definition) is 1. The average Bonchev–Trinajstić information content (AvgIpc) is 3.62. The SMILES string of the molecule is COc1ccc2cc([C@H](c3nnnn3C3CCCC3)N3CCN(c4ccccc4F)CC3)c(=O)[nH]c2c1. The highest BCUT2D eigenvalue weighted by Crippen LogP contribution is 2.35. The Bertz CT molecular complexity index is 1450. The van der Waals surface area contributed by atoms with Gasteiger partial charge in [-0.1, -0.05) is 25.0 Å². The van der Waals surface area contributed by atoms with Gasteiger partial charge in [0.15, 0.2) is 5.82 Å². The van der Waals surface area contributed by atoms with Gasteiger partial charge in [-0.2, -0.15) is 0 Å². The number of tetrazole rings is 1. The number of piperazine rings is 1. The number of nitrogens with zero attached hydrogens (tertiary/aromatic N) is 6. The summed E-state index contributed by atoms with van der Waals surface area (Å²) >= 11 is 0. The van der Waals surface area contributed by atoms with Gasteiger partial charge >= 0.3 is 0 Å². The van der Waals surface area contributed by atoms with E-state index < -0.39 is 6.04 Å². The van der Waals surface area contributed by atoms with Gasteiger partial charge in [-0.25, -0.2) is 9.07 Å². The second-order valence-electron chi connectivity index (χ2n) is 9.80. The summed E-state index contributed by atoms with van der Waals surface area (Å²) in [6, 6.07) is 14.3. The van der Waals surface area contributed by atoms with Gasteiger partial charge in [0.05, 0.1) is 24.4 Å². The molecule has 1 saturated carbocycles. The number of aromatic amines is 1. The van der Waals surface area contributed by atoms with Crippen LogP contribution in [0.5, 0.6) is 5.75 Å². The Balaban J connectivity index is 1.39. The Hall–Kier alpha value is -3.79. The number of fused-ring (bicyclic) bond motifs is 1. The zero-order chi connectivity index (χ0) is 25.4. The molecule has 37 heavy (non-hydrogen) atoms. The molecule has 2 aliphatic rings. The molecule has 192 valence electrons. The van der Waals surface area contributed by atoms with Crippen molar-refractivity contribution in [2.75, 3.05) is 38.2 Å². The van der Waals surface area contributed by atoms with Gasteiger partial charge in [-0.3, -0.25) is 9.69 Å². The van der Waals surface area contributed by atoms with E-state index in [9.17, 15) is 9.18 Å². The van der Waals surface area contributed by atoms with Crippen LogP contribution in [-0.2, 0) is 0 Å². The number of H-pyrrole nitrogens is 1. The second-order valence-corrected chi connectivity index (χ2v) is 9.80. The molecular formula is C27H30FN7O2. The molecule has 4 aromatic rings. The molecule has 0 unspecified atom stereocenters. The molecule has 2 aromatic carbocycles. The number of methoxy groups -OCH3 is 1. The molecular weight excluding hydrogens is 473 g/mol. The molecule has 3 heterocycles. The van der Waals surface area contributed by atoms with Gasteiger partial charge in [0, 0.05) is 37.8 Å². The third-order valence-electron chi connectivity index (χ3n) is 7.68. The van der Waals surface area contributed by atoms with Gasteiger partial charge < -0.3 is 14.6 Å². The Labute approximate surface area is 213 Å². The molecule has 1 N–H and O–H groups in total. The highest BCUT2D eigenvalue weighted by Gasteiger charge is 2.35. The van der Waals surface area contributed by atoms with E-state index in [2.05, 4.69) is 30.3 Å². The number of halogens is 1. The van der Waals surface area contributed by atoms with Crippen LogP contribution in [0.2, 0.25) is 0 Å². The number of anilines is 1. The summed E-state index contributed by atoms with van der Waals surface area (Å²) in [6.07, 6.45) is 4.35. The predicted octanol–water partition coefficient (Wildman–Crippen LogP) is 3.69. The molecule has 1 atom stereocenters. The summed E-state index contributed by atoms with van der Waals surface area (Å²) in [7, 11) is 1.60. The van der Waals surface area contributed by atoms with Crippen molar-refractivity contribution in [3.05, 3.63) is 76.1 Å². The second kappa shape index (κ2) is 9.93. The highest BCUT2D eigenvalue weighted by molar-refractivity contribution is 5.80. The number of rotatable bonds is 6. The number of benzene rings is 2. The first-order chi connectivity index (χ1) is 18.1. The molecule has 1 aliphatic carbocycles. The van der Waals surface area contributed by atoms with Gasteiger partial charge in [0.25, 0.3) is 5.56 Å². The summed E-state index contributed by atoms with van der Waals surface area (Å²) in [5.74, 6) is 1.14. The minimum atomic E-state index is -0.423. The smallest absolute Gasteiger partial charge is 0.253 e. The first-order valence-electron chi connectivity index (χ1n) is 12.8. The number of nitrogens with one attached hydrogen (secondary N) is 1. The Morgan fingerprint density at radius 1 is 1.05 bits per heavy atom. The molecule has 10 heteroatoms. The minimum Gasteiger partial charge on any atom is -0.497 e. The van der Waals surface area contributed by atoms with E-state index in [0.717, 1.165) is 31.1 Å². The van der Waals surface area contributed by atoms with Crippen molar-refractivity contribution in [2.45, 2.75) is 37.8 Å². The largest absolute Gasteiger partial charge is 0.497 e. The van der Waals surface area contributed by atoms with Crippen LogP contribution in [0.15, 0.2) is 53.3 Å². The summed E-state index contributed by atoms with van der Waals surface area (Å²) in [5.41, 5.74) is 1.74. The van der Waals surface area contributed by atoms with Crippen molar-refractivity contribution in [1.82, 2.24) is 30.1 Å². The van der Waals surface area contributed by atoms with E-state index >= 15 is 0 Å². The quantitative estimate of drug-likeness (QED) is 0.429. The maximum Gasteiger partial charge on any atom is 0.253 e. The number of aromatic nitrogens is 5. The molecule has 0 amide bonds. The molecule has 9 nitrogen and oxygen atoms in total. The molecule has 0 radical (unpaired) electrons. The van der Waals surface area contributed by atoms with E-state index in [0.29, 0.717) is 54.5 Å². The lowest BCUT2D eigenvalue weighted by atomic mass is 10.0. The van der Waals surface area contributed by atoms with Gasteiger partial charge in [0.1, 0.15) is 17.6 Å². The Morgan fingerprint density at radius 2 is 1.84 bits per heavy atom. The highest BCUT2D eigenvalue weighted by atomic mass is 19.1. The van der Waals surface area contributed by atoms with Crippen LogP contribution in [0.1, 0.15) is 49.2 Å². The molecule has 0 spiro atoms. The van der Waals surface area contributed by atoms with Crippen LogP contribution in [0.3, 0.4) is 0 Å². The van der Waals surface area contributed by atoms with Gasteiger partial charge in [-0.05, 0) is 59.0 Å². The Kier molecular flexibility index (Phi) is 6.33. The zero-order valence-electron chi connectivity index (χ0n) is 20.8. The predicted molar refractivity (Wildman–Crippen MR) is 138 cm³/mol. The average molecular weight is 504 g/mol. The van der Waals surface area contributed by atoms with E-state index in [1.54, 1.807) is 13.2 Å². The van der Waals surface area contributed by atoms with Crippen molar-refractivity contribution in [3.63, 3.8) is 0 Å². The minimum absolute atomic E-state index is 0.178. The number of pyridine rings is 1. The van der Waals surface area contributed by atoms with Crippen LogP contribution in [0.25, 0.3) is 10.9 Å². The fourth-order valence-electron chi connectivity index (χ4n) is 5.74. The van der Waals surface area contributed by atoms with Crippen LogP contribution in [-0.4, -0.2) is 63.4 Å². The summed E-state index contributed by atoms with van der Waals surface area (Å²) < 4.78 is 21.7. The van der Waals surface area contributed by atoms with Crippen LogP contribution in [0, 0.1) is 5.82 Å². The lowest BCUT2D eigenvalue weighted by Gasteiger charge is -2.39. The lowest BCUT2D eigenvalue weighted by molar-refractivity contribution is 0.196. The molecule has 2 aromatic heterocycles. The molecule has 1 saturated heterocycles. The topological polar surface area (TPSA) is 92.2 Å². The fourth-order valence-corrected chi connectivity index (χ4v) is 5.74. The third-order valence-corrected chi connectivity index (χ3v) is 7.68. The van der Waals surface area contributed by atoms with Crippen LogP contribution in [0.4, 0.5) is 10.1 Å². The monoisotopic (exact) mass is 503 g/mol.